The van der Waals surface area contributed by atoms with Crippen LogP contribution in [0.1, 0.15) is 23.6 Å². The van der Waals surface area contributed by atoms with Crippen LogP contribution in [0.4, 0.5) is 5.13 Å². The predicted molar refractivity (Wildman–Crippen MR) is 122 cm³/mol. The van der Waals surface area contributed by atoms with Crippen molar-refractivity contribution in [3.8, 4) is 11.8 Å². The maximum atomic E-state index is 12.4. The van der Waals surface area contributed by atoms with Crippen LogP contribution < -0.4 is 10.1 Å². The lowest BCUT2D eigenvalue weighted by Crippen LogP contribution is -2.13. The van der Waals surface area contributed by atoms with Gasteiger partial charge in [-0.15, -0.1) is 10.2 Å². The van der Waals surface area contributed by atoms with Crippen molar-refractivity contribution in [2.45, 2.75) is 24.8 Å². The Kier molecular flexibility index (Phi) is 7.35. The summed E-state index contributed by atoms with van der Waals surface area (Å²) < 4.78 is 29.2. The van der Waals surface area contributed by atoms with E-state index in [-0.39, 0.29) is 20.8 Å². The first-order valence-corrected chi connectivity index (χ1v) is 12.1. The van der Waals surface area contributed by atoms with E-state index in [0.717, 1.165) is 22.5 Å². The first-order chi connectivity index (χ1) is 15.3. The van der Waals surface area contributed by atoms with Gasteiger partial charge in [0.15, 0.2) is 0 Å². The monoisotopic (exact) mass is 468 g/mol. The molecule has 0 aliphatic rings. The van der Waals surface area contributed by atoms with E-state index < -0.39 is 15.7 Å². The molecule has 8 nitrogen and oxygen atoms in total. The van der Waals surface area contributed by atoms with Crippen LogP contribution in [0.2, 0.25) is 0 Å². The molecule has 3 aromatic rings. The van der Waals surface area contributed by atoms with Gasteiger partial charge >= 0.3 is 0 Å². The van der Waals surface area contributed by atoms with Crippen molar-refractivity contribution < 1.29 is 17.9 Å². The molecule has 3 rings (SSSR count). The number of anilines is 1. The summed E-state index contributed by atoms with van der Waals surface area (Å²) in [6, 6.07) is 16.8. The van der Waals surface area contributed by atoms with Gasteiger partial charge in [-0.3, -0.25) is 10.1 Å². The molecule has 2 aromatic carbocycles. The number of aromatic nitrogens is 2. The molecular formula is C22H20N4O4S2. The minimum atomic E-state index is -3.51. The molecule has 1 N–H and O–H groups in total. The standard InChI is InChI=1S/C22H20N4O4S2/c1-3-32(28,29)22-26-25-21(31-22)24-20(27)18(13-23)12-16-7-9-19(10-8-16)30-14-17-6-4-5-15(2)11-17/h4-12H,3,14H2,1-2H3,(H,24,25,27)/b18-12-. The molecule has 32 heavy (non-hydrogen) atoms. The Morgan fingerprint density at radius 1 is 1.22 bits per heavy atom. The maximum Gasteiger partial charge on any atom is 0.268 e. The summed E-state index contributed by atoms with van der Waals surface area (Å²) in [5.41, 5.74) is 2.69. The van der Waals surface area contributed by atoms with Crippen LogP contribution in [0, 0.1) is 18.3 Å². The molecule has 0 unspecified atom stereocenters. The molecule has 0 aliphatic carbocycles. The Balaban J connectivity index is 1.65. The summed E-state index contributed by atoms with van der Waals surface area (Å²) in [5.74, 6) is -0.169. The van der Waals surface area contributed by atoms with Gasteiger partial charge in [-0.05, 0) is 36.3 Å². The van der Waals surface area contributed by atoms with Crippen LogP contribution in [-0.4, -0.2) is 30.3 Å². The van der Waals surface area contributed by atoms with Crippen molar-refractivity contribution in [2.75, 3.05) is 11.1 Å². The fourth-order valence-corrected chi connectivity index (χ4v) is 4.60. The molecule has 0 saturated heterocycles. The van der Waals surface area contributed by atoms with Gasteiger partial charge in [0.2, 0.25) is 19.3 Å². The van der Waals surface area contributed by atoms with Gasteiger partial charge < -0.3 is 4.74 Å². The number of sulfone groups is 1. The molecule has 0 atom stereocenters. The van der Waals surface area contributed by atoms with Crippen molar-refractivity contribution in [3.05, 3.63) is 70.8 Å². The second-order valence-electron chi connectivity index (χ2n) is 6.75. The summed E-state index contributed by atoms with van der Waals surface area (Å²) in [7, 11) is -3.51. The number of aryl methyl sites for hydroxylation is 1. The highest BCUT2D eigenvalue weighted by Gasteiger charge is 2.19. The van der Waals surface area contributed by atoms with Gasteiger partial charge in [0, 0.05) is 0 Å². The van der Waals surface area contributed by atoms with E-state index in [0.29, 0.717) is 17.9 Å². The second-order valence-corrected chi connectivity index (χ2v) is 10.2. The van der Waals surface area contributed by atoms with Crippen molar-refractivity contribution in [2.24, 2.45) is 0 Å². The number of nitrogens with zero attached hydrogens (tertiary/aromatic N) is 3. The molecule has 1 amide bonds. The number of rotatable bonds is 8. The summed E-state index contributed by atoms with van der Waals surface area (Å²) in [6.45, 7) is 3.94. The number of hydrogen-bond acceptors (Lipinski definition) is 8. The quantitative estimate of drug-likeness (QED) is 0.303. The number of benzene rings is 2. The third kappa shape index (κ3) is 6.00. The summed E-state index contributed by atoms with van der Waals surface area (Å²) in [5, 5.41) is 19.0. The van der Waals surface area contributed by atoms with Crippen LogP contribution in [0.3, 0.4) is 0 Å². The average molecular weight is 469 g/mol. The molecule has 0 bridgehead atoms. The number of hydrogen-bond donors (Lipinski definition) is 1. The van der Waals surface area contributed by atoms with E-state index in [9.17, 15) is 18.5 Å². The fourth-order valence-electron chi connectivity index (χ4n) is 2.62. The van der Waals surface area contributed by atoms with Gasteiger partial charge in [-0.25, -0.2) is 8.42 Å². The van der Waals surface area contributed by atoms with E-state index in [1.54, 1.807) is 24.3 Å². The number of nitrogens with one attached hydrogen (secondary N) is 1. The van der Waals surface area contributed by atoms with E-state index in [1.165, 1.54) is 13.0 Å². The molecule has 0 fully saturated rings. The van der Waals surface area contributed by atoms with Crippen LogP contribution >= 0.6 is 11.3 Å². The SMILES string of the molecule is CCS(=O)(=O)c1nnc(NC(=O)/C(C#N)=C\c2ccc(OCc3cccc(C)c3)cc2)s1. The largest absolute Gasteiger partial charge is 0.489 e. The van der Waals surface area contributed by atoms with E-state index >= 15 is 0 Å². The lowest BCUT2D eigenvalue weighted by Gasteiger charge is -2.07. The highest BCUT2D eigenvalue weighted by Crippen LogP contribution is 2.22. The lowest BCUT2D eigenvalue weighted by molar-refractivity contribution is -0.112. The Hall–Kier alpha value is -3.55. The topological polar surface area (TPSA) is 122 Å². The highest BCUT2D eigenvalue weighted by atomic mass is 32.2. The van der Waals surface area contributed by atoms with Crippen molar-refractivity contribution in [3.63, 3.8) is 0 Å². The molecule has 164 valence electrons. The van der Waals surface area contributed by atoms with Crippen molar-refractivity contribution >= 4 is 38.3 Å². The van der Waals surface area contributed by atoms with E-state index in [2.05, 4.69) is 15.5 Å². The molecule has 1 aromatic heterocycles. The summed E-state index contributed by atoms with van der Waals surface area (Å²) >= 11 is 0.738. The Labute approximate surface area is 190 Å². The molecule has 1 heterocycles. The first-order valence-electron chi connectivity index (χ1n) is 9.58. The maximum absolute atomic E-state index is 12.4. The van der Waals surface area contributed by atoms with E-state index in [1.807, 2.05) is 37.3 Å². The van der Waals surface area contributed by atoms with Crippen LogP contribution in [0.25, 0.3) is 6.08 Å². The molecule has 0 spiro atoms. The molecule has 10 heteroatoms. The van der Waals surface area contributed by atoms with Gasteiger partial charge in [0.25, 0.3) is 5.91 Å². The zero-order valence-electron chi connectivity index (χ0n) is 17.4. The number of ether oxygens (including phenoxy) is 1. The van der Waals surface area contributed by atoms with Gasteiger partial charge in [-0.1, -0.05) is 60.2 Å². The van der Waals surface area contributed by atoms with Crippen LogP contribution in [-0.2, 0) is 21.2 Å². The number of carbonyl (C=O) groups is 1. The molecule has 0 radical (unpaired) electrons. The van der Waals surface area contributed by atoms with E-state index in [4.69, 9.17) is 4.74 Å². The van der Waals surface area contributed by atoms with Crippen LogP contribution in [0.15, 0.2) is 58.4 Å². The third-order valence-corrected chi connectivity index (χ3v) is 7.34. The third-order valence-electron chi connectivity index (χ3n) is 4.32. The minimum Gasteiger partial charge on any atom is -0.489 e. The number of carbonyl (C=O) groups excluding carboxylic acids is 1. The Morgan fingerprint density at radius 2 is 1.97 bits per heavy atom. The summed E-state index contributed by atoms with van der Waals surface area (Å²) in [6.07, 6.45) is 1.42. The average Bonchev–Trinajstić information content (AvgIpc) is 3.26. The Bertz CT molecular complexity index is 1290. The highest BCUT2D eigenvalue weighted by molar-refractivity contribution is 7.93. The predicted octanol–water partition coefficient (Wildman–Crippen LogP) is 3.76. The molecule has 0 saturated carbocycles. The molecule has 0 aliphatic heterocycles. The minimum absolute atomic E-state index is 0.00284. The first kappa shape index (κ1) is 23.1. The van der Waals surface area contributed by atoms with Crippen molar-refractivity contribution in [1.29, 1.82) is 5.26 Å². The smallest absolute Gasteiger partial charge is 0.268 e. The Morgan fingerprint density at radius 3 is 2.62 bits per heavy atom. The zero-order valence-corrected chi connectivity index (χ0v) is 19.0. The van der Waals surface area contributed by atoms with Gasteiger partial charge in [0.1, 0.15) is 24.0 Å². The normalized spacial score (nSPS) is 11.6. The second kappa shape index (κ2) is 10.2. The zero-order chi connectivity index (χ0) is 23.1. The fraction of sp³-hybridized carbons (Fsp3) is 0.182. The molecular weight excluding hydrogens is 448 g/mol. The summed E-state index contributed by atoms with van der Waals surface area (Å²) in [4.78, 5) is 12.4. The van der Waals surface area contributed by atoms with Crippen molar-refractivity contribution in [1.82, 2.24) is 10.2 Å². The van der Waals surface area contributed by atoms with Gasteiger partial charge in [-0.2, -0.15) is 5.26 Å². The van der Waals surface area contributed by atoms with Crippen LogP contribution in [0.5, 0.6) is 5.75 Å². The number of nitriles is 1. The number of amides is 1. The lowest BCUT2D eigenvalue weighted by atomic mass is 10.1. The van der Waals surface area contributed by atoms with Gasteiger partial charge in [0.05, 0.1) is 5.75 Å².